The Morgan fingerprint density at radius 1 is 1.33 bits per heavy atom. The Labute approximate surface area is 185 Å². The van der Waals surface area contributed by atoms with E-state index in [9.17, 15) is 9.59 Å². The van der Waals surface area contributed by atoms with E-state index in [4.69, 9.17) is 21.1 Å². The van der Waals surface area contributed by atoms with Crippen LogP contribution >= 0.6 is 23.4 Å². The van der Waals surface area contributed by atoms with Gasteiger partial charge in [0.15, 0.2) is 16.2 Å². The average molecular weight is 449 g/mol. The summed E-state index contributed by atoms with van der Waals surface area (Å²) < 4.78 is 11.3. The van der Waals surface area contributed by atoms with Crippen molar-refractivity contribution in [2.75, 3.05) is 7.11 Å². The standard InChI is InChI=1S/C22H25ClN2O4S/c1-28-18-7-6-14(12-16(18)23)8-9-22(15-4-2-3-5-15)13-17(26)19(20(27)29-22)30-21-24-10-11-25-21/h6-7,10-12,15,19H,2-5,8-9,13H2,1H3,(H,24,25). The Morgan fingerprint density at radius 3 is 2.77 bits per heavy atom. The van der Waals surface area contributed by atoms with Crippen LogP contribution in [0.4, 0.5) is 0 Å². The number of nitrogens with one attached hydrogen (secondary N) is 1. The maximum atomic E-state index is 13.1. The summed E-state index contributed by atoms with van der Waals surface area (Å²) in [5.41, 5.74) is 0.297. The predicted octanol–water partition coefficient (Wildman–Crippen LogP) is 4.61. The van der Waals surface area contributed by atoms with Crippen LogP contribution in [0.25, 0.3) is 0 Å². The van der Waals surface area contributed by atoms with E-state index in [2.05, 4.69) is 9.97 Å². The third-order valence-corrected chi connectivity index (χ3v) is 7.57. The normalized spacial score (nSPS) is 24.8. The molecule has 1 N–H and O–H groups in total. The fourth-order valence-corrected chi connectivity index (χ4v) is 5.71. The van der Waals surface area contributed by atoms with E-state index in [-0.39, 0.29) is 18.1 Å². The zero-order valence-electron chi connectivity index (χ0n) is 16.9. The molecule has 0 radical (unpaired) electrons. The van der Waals surface area contributed by atoms with Crippen molar-refractivity contribution in [3.63, 3.8) is 0 Å². The number of nitrogens with zero attached hydrogens (tertiary/aromatic N) is 1. The lowest BCUT2D eigenvalue weighted by atomic mass is 9.76. The number of rotatable bonds is 7. The number of aromatic nitrogens is 2. The summed E-state index contributed by atoms with van der Waals surface area (Å²) in [6, 6.07) is 5.69. The van der Waals surface area contributed by atoms with Crippen LogP contribution in [-0.4, -0.2) is 39.7 Å². The van der Waals surface area contributed by atoms with Gasteiger partial charge in [0.1, 0.15) is 11.4 Å². The number of hydrogen-bond donors (Lipinski definition) is 1. The average Bonchev–Trinajstić information content (AvgIpc) is 3.44. The Kier molecular flexibility index (Phi) is 6.39. The molecular weight excluding hydrogens is 424 g/mol. The third-order valence-electron chi connectivity index (χ3n) is 6.14. The number of esters is 1. The smallest absolute Gasteiger partial charge is 0.327 e. The topological polar surface area (TPSA) is 81.3 Å². The minimum Gasteiger partial charge on any atom is -0.495 e. The van der Waals surface area contributed by atoms with Gasteiger partial charge in [0.25, 0.3) is 0 Å². The Bertz CT molecular complexity index is 894. The molecule has 1 aromatic carbocycles. The predicted molar refractivity (Wildman–Crippen MR) is 115 cm³/mol. The van der Waals surface area contributed by atoms with Crippen LogP contribution in [0.15, 0.2) is 35.7 Å². The van der Waals surface area contributed by atoms with E-state index in [0.29, 0.717) is 28.8 Å². The maximum absolute atomic E-state index is 13.1. The number of halogens is 1. The van der Waals surface area contributed by atoms with E-state index >= 15 is 0 Å². The highest BCUT2D eigenvalue weighted by molar-refractivity contribution is 8.01. The number of ketones is 1. The number of ether oxygens (including phenoxy) is 2. The van der Waals surface area contributed by atoms with Gasteiger partial charge in [-0.15, -0.1) is 0 Å². The van der Waals surface area contributed by atoms with Gasteiger partial charge < -0.3 is 14.5 Å². The van der Waals surface area contributed by atoms with E-state index in [1.165, 1.54) is 0 Å². The molecule has 1 saturated carbocycles. The van der Waals surface area contributed by atoms with Gasteiger partial charge in [-0.25, -0.2) is 4.98 Å². The maximum Gasteiger partial charge on any atom is 0.327 e. The van der Waals surface area contributed by atoms with Gasteiger partial charge in [-0.1, -0.05) is 42.3 Å². The highest BCUT2D eigenvalue weighted by Gasteiger charge is 2.51. The first kappa shape index (κ1) is 21.2. The molecule has 160 valence electrons. The molecule has 2 unspecified atom stereocenters. The number of benzene rings is 1. The van der Waals surface area contributed by atoms with Crippen molar-refractivity contribution < 1.29 is 19.1 Å². The van der Waals surface area contributed by atoms with E-state index in [1.54, 1.807) is 19.5 Å². The number of aryl methyl sites for hydroxylation is 1. The van der Waals surface area contributed by atoms with Crippen molar-refractivity contribution in [3.05, 3.63) is 41.2 Å². The van der Waals surface area contributed by atoms with Gasteiger partial charge in [0, 0.05) is 18.8 Å². The molecule has 1 aromatic heterocycles. The summed E-state index contributed by atoms with van der Waals surface area (Å²) in [6.07, 6.45) is 9.00. The SMILES string of the molecule is COc1ccc(CCC2(C3CCCC3)CC(=O)C(Sc3ncc[nH]3)C(=O)O2)cc1Cl. The Hall–Kier alpha value is -1.99. The van der Waals surface area contributed by atoms with E-state index in [1.807, 2.05) is 18.2 Å². The van der Waals surface area contributed by atoms with Crippen LogP contribution in [0, 0.1) is 5.92 Å². The first-order chi connectivity index (χ1) is 14.5. The summed E-state index contributed by atoms with van der Waals surface area (Å²) in [4.78, 5) is 33.0. The molecule has 0 amide bonds. The quantitative estimate of drug-likeness (QED) is 0.492. The Balaban J connectivity index is 1.52. The first-order valence-electron chi connectivity index (χ1n) is 10.2. The lowest BCUT2D eigenvalue weighted by molar-refractivity contribution is -0.177. The molecule has 30 heavy (non-hydrogen) atoms. The number of carbonyl (C=O) groups is 2. The molecule has 1 aliphatic heterocycles. The lowest BCUT2D eigenvalue weighted by Crippen LogP contribution is -2.53. The highest BCUT2D eigenvalue weighted by atomic mass is 35.5. The first-order valence-corrected chi connectivity index (χ1v) is 11.5. The fourth-order valence-electron chi connectivity index (χ4n) is 4.59. The molecule has 6 nitrogen and oxygen atoms in total. The summed E-state index contributed by atoms with van der Waals surface area (Å²) in [7, 11) is 1.58. The molecule has 1 saturated heterocycles. The van der Waals surface area contributed by atoms with Crippen molar-refractivity contribution >= 4 is 35.1 Å². The van der Waals surface area contributed by atoms with Crippen LogP contribution in [0.2, 0.25) is 5.02 Å². The zero-order chi connectivity index (χ0) is 21.1. The van der Waals surface area contributed by atoms with E-state index in [0.717, 1.165) is 43.0 Å². The molecule has 2 heterocycles. The number of methoxy groups -OCH3 is 1. The highest BCUT2D eigenvalue weighted by Crippen LogP contribution is 2.45. The molecule has 2 atom stereocenters. The zero-order valence-corrected chi connectivity index (χ0v) is 18.4. The Morgan fingerprint density at radius 2 is 2.13 bits per heavy atom. The second kappa shape index (κ2) is 9.02. The molecule has 2 fully saturated rings. The third kappa shape index (κ3) is 4.37. The number of carbonyl (C=O) groups excluding carboxylic acids is 2. The summed E-state index contributed by atoms with van der Waals surface area (Å²) in [6.45, 7) is 0. The van der Waals surface area contributed by atoms with Crippen molar-refractivity contribution in [1.29, 1.82) is 0 Å². The number of H-pyrrole nitrogens is 1. The van der Waals surface area contributed by atoms with Gasteiger partial charge >= 0.3 is 5.97 Å². The van der Waals surface area contributed by atoms with Gasteiger partial charge in [0.2, 0.25) is 0 Å². The lowest BCUT2D eigenvalue weighted by Gasteiger charge is -2.42. The summed E-state index contributed by atoms with van der Waals surface area (Å²) >= 11 is 7.40. The number of cyclic esters (lactones) is 1. The van der Waals surface area contributed by atoms with Crippen LogP contribution < -0.4 is 4.74 Å². The van der Waals surface area contributed by atoms with Gasteiger partial charge in [-0.3, -0.25) is 9.59 Å². The van der Waals surface area contributed by atoms with Crippen LogP contribution in [0.1, 0.15) is 44.1 Å². The van der Waals surface area contributed by atoms with Gasteiger partial charge in [0.05, 0.1) is 12.1 Å². The monoisotopic (exact) mass is 448 g/mol. The molecule has 8 heteroatoms. The molecule has 4 rings (SSSR count). The number of aromatic amines is 1. The number of imidazole rings is 1. The number of hydrogen-bond acceptors (Lipinski definition) is 6. The number of thioether (sulfide) groups is 1. The molecule has 1 aliphatic carbocycles. The second-order valence-corrected chi connectivity index (χ2v) is 9.47. The van der Waals surface area contributed by atoms with Crippen LogP contribution in [-0.2, 0) is 20.7 Å². The largest absolute Gasteiger partial charge is 0.495 e. The minimum atomic E-state index is -0.860. The summed E-state index contributed by atoms with van der Waals surface area (Å²) in [5, 5.41) is 0.240. The summed E-state index contributed by atoms with van der Waals surface area (Å²) in [5.74, 6) is 0.316. The molecule has 0 bridgehead atoms. The van der Waals surface area contributed by atoms with Crippen molar-refractivity contribution in [2.24, 2.45) is 5.92 Å². The van der Waals surface area contributed by atoms with E-state index < -0.39 is 16.8 Å². The minimum absolute atomic E-state index is 0.0766. The van der Waals surface area contributed by atoms with Gasteiger partial charge in [-0.05, 0) is 49.3 Å². The van der Waals surface area contributed by atoms with Crippen molar-refractivity contribution in [2.45, 2.75) is 61.0 Å². The molecule has 2 aromatic rings. The van der Waals surface area contributed by atoms with Crippen LogP contribution in [0.3, 0.4) is 0 Å². The molecule has 2 aliphatic rings. The fraction of sp³-hybridized carbons (Fsp3) is 0.500. The van der Waals surface area contributed by atoms with Gasteiger partial charge in [-0.2, -0.15) is 0 Å². The van der Waals surface area contributed by atoms with Crippen LogP contribution in [0.5, 0.6) is 5.75 Å². The van der Waals surface area contributed by atoms with Crippen molar-refractivity contribution in [3.8, 4) is 5.75 Å². The molecular formula is C22H25ClN2O4S. The second-order valence-electron chi connectivity index (χ2n) is 7.97. The molecule has 0 spiro atoms. The van der Waals surface area contributed by atoms with Crippen molar-refractivity contribution in [1.82, 2.24) is 9.97 Å². The number of Topliss-reactive ketones (excluding diaryl/α,β-unsaturated/α-hetero) is 1.